The molecule has 0 saturated heterocycles. The highest BCUT2D eigenvalue weighted by Gasteiger charge is 2.12. The van der Waals surface area contributed by atoms with Crippen LogP contribution in [0.4, 0.5) is 4.39 Å². The van der Waals surface area contributed by atoms with Crippen molar-refractivity contribution in [3.05, 3.63) is 27.1 Å². The molecule has 0 aliphatic heterocycles. The van der Waals surface area contributed by atoms with Gasteiger partial charge in [0.2, 0.25) is 0 Å². The van der Waals surface area contributed by atoms with Gasteiger partial charge in [0.25, 0.3) is 0 Å². The number of benzene rings is 1. The van der Waals surface area contributed by atoms with Crippen molar-refractivity contribution in [2.45, 2.75) is 19.8 Å². The highest BCUT2D eigenvalue weighted by atomic mass is 127. The van der Waals surface area contributed by atoms with Gasteiger partial charge in [0.1, 0.15) is 11.6 Å². The maximum atomic E-state index is 13.2. The third kappa shape index (κ3) is 1.88. The monoisotopic (exact) mass is 280 g/mol. The van der Waals surface area contributed by atoms with Crippen molar-refractivity contribution < 1.29 is 9.50 Å². The van der Waals surface area contributed by atoms with Crippen molar-refractivity contribution in [1.29, 1.82) is 0 Å². The first-order valence-electron chi connectivity index (χ1n) is 3.70. The van der Waals surface area contributed by atoms with E-state index in [4.69, 9.17) is 0 Å². The number of hydrogen-bond donors (Lipinski definition) is 1. The third-order valence-corrected chi connectivity index (χ3v) is 2.27. The summed E-state index contributed by atoms with van der Waals surface area (Å²) in [5, 5.41) is 9.40. The summed E-state index contributed by atoms with van der Waals surface area (Å²) in [5.41, 5.74) is 0.399. The van der Waals surface area contributed by atoms with Gasteiger partial charge < -0.3 is 5.11 Å². The van der Waals surface area contributed by atoms with Gasteiger partial charge in [-0.3, -0.25) is 0 Å². The number of phenols is 1. The lowest BCUT2D eigenvalue weighted by molar-refractivity contribution is 0.453. The predicted molar refractivity (Wildman–Crippen MR) is 54.9 cm³/mol. The SMILES string of the molecule is CC(C)c1c(O)cc(I)cc1F. The van der Waals surface area contributed by atoms with E-state index in [0.29, 0.717) is 9.13 Å². The second kappa shape index (κ2) is 3.60. The highest BCUT2D eigenvalue weighted by Crippen LogP contribution is 2.29. The molecule has 0 aliphatic rings. The van der Waals surface area contributed by atoms with Crippen molar-refractivity contribution in [1.82, 2.24) is 0 Å². The van der Waals surface area contributed by atoms with Crippen LogP contribution in [0.3, 0.4) is 0 Å². The van der Waals surface area contributed by atoms with Gasteiger partial charge in [-0.25, -0.2) is 4.39 Å². The smallest absolute Gasteiger partial charge is 0.131 e. The summed E-state index contributed by atoms with van der Waals surface area (Å²) in [5.74, 6) is -0.259. The van der Waals surface area contributed by atoms with E-state index in [1.165, 1.54) is 6.07 Å². The fraction of sp³-hybridized carbons (Fsp3) is 0.333. The highest BCUT2D eigenvalue weighted by molar-refractivity contribution is 14.1. The summed E-state index contributed by atoms with van der Waals surface area (Å²) in [6, 6.07) is 2.99. The summed E-state index contributed by atoms with van der Waals surface area (Å²) in [4.78, 5) is 0. The second-order valence-corrected chi connectivity index (χ2v) is 4.22. The number of rotatable bonds is 1. The van der Waals surface area contributed by atoms with Crippen LogP contribution in [0, 0.1) is 9.39 Å². The Labute approximate surface area is 84.7 Å². The van der Waals surface area contributed by atoms with E-state index in [-0.39, 0.29) is 17.5 Å². The third-order valence-electron chi connectivity index (χ3n) is 1.65. The van der Waals surface area contributed by atoms with E-state index in [0.717, 1.165) is 0 Å². The summed E-state index contributed by atoms with van der Waals surface area (Å²) in [7, 11) is 0. The molecule has 0 atom stereocenters. The Morgan fingerprint density at radius 2 is 2.00 bits per heavy atom. The van der Waals surface area contributed by atoms with Crippen LogP contribution in [0.5, 0.6) is 5.75 Å². The van der Waals surface area contributed by atoms with Crippen molar-refractivity contribution >= 4 is 22.6 Å². The second-order valence-electron chi connectivity index (χ2n) is 2.98. The normalized spacial score (nSPS) is 10.8. The summed E-state index contributed by atoms with van der Waals surface area (Å²) < 4.78 is 13.9. The molecule has 12 heavy (non-hydrogen) atoms. The topological polar surface area (TPSA) is 20.2 Å². The molecule has 0 fully saturated rings. The van der Waals surface area contributed by atoms with Crippen LogP contribution in [0.25, 0.3) is 0 Å². The Hall–Kier alpha value is -0.320. The van der Waals surface area contributed by atoms with Gasteiger partial charge >= 0.3 is 0 Å². The first-order chi connectivity index (χ1) is 5.52. The molecule has 1 nitrogen and oxygen atoms in total. The van der Waals surface area contributed by atoms with E-state index in [2.05, 4.69) is 0 Å². The first-order valence-corrected chi connectivity index (χ1v) is 4.78. The van der Waals surface area contributed by atoms with Crippen LogP contribution in [-0.2, 0) is 0 Å². The summed E-state index contributed by atoms with van der Waals surface area (Å²) >= 11 is 1.97. The zero-order chi connectivity index (χ0) is 9.30. The standard InChI is InChI=1S/C9H10FIO/c1-5(2)9-7(10)3-6(11)4-8(9)12/h3-5,12H,1-2H3. The number of hydrogen-bond acceptors (Lipinski definition) is 1. The Kier molecular flexibility index (Phi) is 2.93. The molecule has 0 amide bonds. The van der Waals surface area contributed by atoms with Gasteiger partial charge in [0.05, 0.1) is 0 Å². The molecule has 0 unspecified atom stereocenters. The minimum atomic E-state index is -0.325. The van der Waals surface area contributed by atoms with E-state index in [1.807, 2.05) is 36.4 Å². The van der Waals surface area contributed by atoms with Crippen LogP contribution in [0.1, 0.15) is 25.3 Å². The molecule has 0 heterocycles. The van der Waals surface area contributed by atoms with Crippen LogP contribution in [-0.4, -0.2) is 5.11 Å². The van der Waals surface area contributed by atoms with Gasteiger partial charge in [0.15, 0.2) is 0 Å². The van der Waals surface area contributed by atoms with Crippen molar-refractivity contribution in [3.8, 4) is 5.75 Å². The molecule has 1 aromatic carbocycles. The number of phenolic OH excluding ortho intramolecular Hbond substituents is 1. The van der Waals surface area contributed by atoms with Crippen LogP contribution in [0.15, 0.2) is 12.1 Å². The van der Waals surface area contributed by atoms with Crippen LogP contribution < -0.4 is 0 Å². The van der Waals surface area contributed by atoms with Crippen LogP contribution >= 0.6 is 22.6 Å². The van der Waals surface area contributed by atoms with Crippen molar-refractivity contribution in [2.75, 3.05) is 0 Å². The van der Waals surface area contributed by atoms with Gasteiger partial charge in [-0.1, -0.05) is 13.8 Å². The molecule has 1 rings (SSSR count). The fourth-order valence-corrected chi connectivity index (χ4v) is 1.71. The van der Waals surface area contributed by atoms with Gasteiger partial charge in [0, 0.05) is 9.13 Å². The molecule has 0 aliphatic carbocycles. The number of halogens is 2. The minimum Gasteiger partial charge on any atom is -0.508 e. The fourth-order valence-electron chi connectivity index (χ4n) is 1.14. The van der Waals surface area contributed by atoms with Crippen molar-refractivity contribution in [2.24, 2.45) is 0 Å². The zero-order valence-electron chi connectivity index (χ0n) is 6.94. The minimum absolute atomic E-state index is 0.0157. The molecular formula is C9H10FIO. The van der Waals surface area contributed by atoms with Gasteiger partial charge in [-0.05, 0) is 40.6 Å². The molecule has 0 radical (unpaired) electrons. The Balaban J connectivity index is 3.28. The lowest BCUT2D eigenvalue weighted by atomic mass is 10.0. The van der Waals surface area contributed by atoms with Crippen molar-refractivity contribution in [3.63, 3.8) is 0 Å². The van der Waals surface area contributed by atoms with E-state index in [1.54, 1.807) is 6.07 Å². The van der Waals surface area contributed by atoms with E-state index < -0.39 is 0 Å². The molecule has 0 saturated carbocycles. The average Bonchev–Trinajstić information content (AvgIpc) is 1.82. The number of aromatic hydroxyl groups is 1. The molecule has 0 bridgehead atoms. The van der Waals surface area contributed by atoms with Gasteiger partial charge in [-0.15, -0.1) is 0 Å². The Morgan fingerprint density at radius 3 is 2.42 bits per heavy atom. The molecule has 3 heteroatoms. The predicted octanol–water partition coefficient (Wildman–Crippen LogP) is 3.26. The summed E-state index contributed by atoms with van der Waals surface area (Å²) in [6.45, 7) is 3.70. The zero-order valence-corrected chi connectivity index (χ0v) is 9.09. The largest absolute Gasteiger partial charge is 0.508 e. The first kappa shape index (κ1) is 9.77. The Morgan fingerprint density at radius 1 is 1.42 bits per heavy atom. The molecule has 1 N–H and O–H groups in total. The molecule has 66 valence electrons. The lowest BCUT2D eigenvalue weighted by Crippen LogP contribution is -1.94. The quantitative estimate of drug-likeness (QED) is 0.783. The maximum Gasteiger partial charge on any atom is 0.131 e. The lowest BCUT2D eigenvalue weighted by Gasteiger charge is -2.09. The van der Waals surface area contributed by atoms with Gasteiger partial charge in [-0.2, -0.15) is 0 Å². The van der Waals surface area contributed by atoms with E-state index in [9.17, 15) is 9.50 Å². The average molecular weight is 280 g/mol. The molecule has 0 spiro atoms. The maximum absolute atomic E-state index is 13.2. The molecular weight excluding hydrogens is 270 g/mol. The molecule has 1 aromatic rings. The molecule has 0 aromatic heterocycles. The van der Waals surface area contributed by atoms with E-state index >= 15 is 0 Å². The van der Waals surface area contributed by atoms with Crippen LogP contribution in [0.2, 0.25) is 0 Å². The Bertz CT molecular complexity index is 274. The summed E-state index contributed by atoms with van der Waals surface area (Å²) in [6.07, 6.45) is 0.